The maximum Gasteiger partial charge on any atom is 0.243 e. The first-order chi connectivity index (χ1) is 13.5. The summed E-state index contributed by atoms with van der Waals surface area (Å²) in [4.78, 5) is 1.61. The molecule has 1 N–H and O–H groups in total. The van der Waals surface area contributed by atoms with Crippen molar-refractivity contribution in [3.05, 3.63) is 48.0 Å². The number of hydrogen-bond donors (Lipinski definition) is 1. The molecule has 0 spiro atoms. The Morgan fingerprint density at radius 3 is 2.18 bits per heavy atom. The van der Waals surface area contributed by atoms with Crippen LogP contribution in [-0.2, 0) is 16.6 Å². The second-order valence-corrected chi connectivity index (χ2v) is 8.60. The van der Waals surface area contributed by atoms with Gasteiger partial charge in [0.1, 0.15) is 12.3 Å². The number of sulfonamides is 1. The van der Waals surface area contributed by atoms with Crippen LogP contribution in [0.3, 0.4) is 0 Å². The second kappa shape index (κ2) is 8.81. The summed E-state index contributed by atoms with van der Waals surface area (Å²) in [7, 11) is 1.33. The Morgan fingerprint density at radius 1 is 0.929 bits per heavy atom. The SMILES string of the molecule is COc1ccc(S(=O)(=O)N2CC[NH+](Cc3cccc(OC)c3OC)CC2)cc1. The minimum absolute atomic E-state index is 0.297. The highest BCUT2D eigenvalue weighted by Gasteiger charge is 2.31. The van der Waals surface area contributed by atoms with Crippen molar-refractivity contribution in [2.24, 2.45) is 0 Å². The number of nitrogens with one attached hydrogen (secondary N) is 1. The van der Waals surface area contributed by atoms with Crippen LogP contribution in [0.25, 0.3) is 0 Å². The standard InChI is InChI=1S/C20H26N2O5S/c1-25-17-7-9-18(10-8-17)28(23,24)22-13-11-21(12-14-22)15-16-5-4-6-19(26-2)20(16)27-3/h4-10H,11-15H2,1-3H3/p+1. The molecule has 2 aromatic rings. The molecule has 0 atom stereocenters. The van der Waals surface area contributed by atoms with Gasteiger partial charge in [-0.3, -0.25) is 0 Å². The van der Waals surface area contributed by atoms with E-state index in [-0.39, 0.29) is 0 Å². The number of ether oxygens (including phenoxy) is 3. The molecule has 0 unspecified atom stereocenters. The van der Waals surface area contributed by atoms with Crippen molar-refractivity contribution < 1.29 is 27.5 Å². The van der Waals surface area contributed by atoms with Crippen LogP contribution in [0, 0.1) is 0 Å². The number of hydrogen-bond acceptors (Lipinski definition) is 5. The van der Waals surface area contributed by atoms with Gasteiger partial charge in [0.05, 0.1) is 58.0 Å². The predicted molar refractivity (Wildman–Crippen MR) is 106 cm³/mol. The first-order valence-corrected chi connectivity index (χ1v) is 10.6. The van der Waals surface area contributed by atoms with Gasteiger partial charge in [0.25, 0.3) is 0 Å². The molecule has 0 saturated carbocycles. The molecular weight excluding hydrogens is 380 g/mol. The lowest BCUT2D eigenvalue weighted by atomic mass is 10.1. The number of nitrogens with zero attached hydrogens (tertiary/aromatic N) is 1. The van der Waals surface area contributed by atoms with E-state index in [1.165, 1.54) is 4.90 Å². The highest BCUT2D eigenvalue weighted by molar-refractivity contribution is 7.89. The van der Waals surface area contributed by atoms with Crippen LogP contribution in [0.15, 0.2) is 47.4 Å². The Hall–Kier alpha value is -2.29. The summed E-state index contributed by atoms with van der Waals surface area (Å²) in [5, 5.41) is 0. The summed E-state index contributed by atoms with van der Waals surface area (Å²) in [6, 6.07) is 12.4. The molecule has 1 aliphatic heterocycles. The zero-order valence-corrected chi connectivity index (χ0v) is 17.3. The van der Waals surface area contributed by atoms with Crippen molar-refractivity contribution in [2.45, 2.75) is 11.4 Å². The smallest absolute Gasteiger partial charge is 0.243 e. The topological polar surface area (TPSA) is 69.5 Å². The van der Waals surface area contributed by atoms with Gasteiger partial charge in [0.15, 0.2) is 11.5 Å². The highest BCUT2D eigenvalue weighted by atomic mass is 32.2. The van der Waals surface area contributed by atoms with Crippen molar-refractivity contribution in [3.63, 3.8) is 0 Å². The van der Waals surface area contributed by atoms with Gasteiger partial charge < -0.3 is 19.1 Å². The summed E-state index contributed by atoms with van der Waals surface area (Å²) in [6.07, 6.45) is 0. The van der Waals surface area contributed by atoms with Crippen molar-refractivity contribution in [1.82, 2.24) is 4.31 Å². The Balaban J connectivity index is 1.66. The maximum absolute atomic E-state index is 12.9. The number of para-hydroxylation sites is 1. The molecule has 0 amide bonds. The van der Waals surface area contributed by atoms with Gasteiger partial charge in [0, 0.05) is 0 Å². The summed E-state index contributed by atoms with van der Waals surface area (Å²) >= 11 is 0. The van der Waals surface area contributed by atoms with E-state index >= 15 is 0 Å². The van der Waals surface area contributed by atoms with Crippen molar-refractivity contribution in [1.29, 1.82) is 0 Å². The van der Waals surface area contributed by atoms with Crippen molar-refractivity contribution >= 4 is 10.0 Å². The monoisotopic (exact) mass is 407 g/mol. The first-order valence-electron chi connectivity index (χ1n) is 9.17. The normalized spacial score (nSPS) is 16.0. The van der Waals surface area contributed by atoms with E-state index in [2.05, 4.69) is 0 Å². The lowest BCUT2D eigenvalue weighted by molar-refractivity contribution is -0.917. The lowest BCUT2D eigenvalue weighted by Crippen LogP contribution is -3.13. The second-order valence-electron chi connectivity index (χ2n) is 6.66. The van der Waals surface area contributed by atoms with E-state index in [0.29, 0.717) is 29.5 Å². The van der Waals surface area contributed by atoms with Crippen LogP contribution in [-0.4, -0.2) is 60.2 Å². The number of methoxy groups -OCH3 is 3. The maximum atomic E-state index is 12.9. The molecule has 0 radical (unpaired) electrons. The van der Waals surface area contributed by atoms with Gasteiger partial charge in [-0.2, -0.15) is 4.31 Å². The molecule has 1 saturated heterocycles. The molecule has 0 bridgehead atoms. The summed E-state index contributed by atoms with van der Waals surface area (Å²) in [5.41, 5.74) is 1.06. The van der Waals surface area contributed by atoms with E-state index in [1.807, 2.05) is 18.2 Å². The molecule has 1 heterocycles. The Bertz CT molecular complexity index is 891. The van der Waals surface area contributed by atoms with E-state index in [0.717, 1.165) is 30.9 Å². The van der Waals surface area contributed by atoms with Gasteiger partial charge >= 0.3 is 0 Å². The minimum atomic E-state index is -3.49. The van der Waals surface area contributed by atoms with Crippen molar-refractivity contribution in [3.8, 4) is 17.2 Å². The quantitative estimate of drug-likeness (QED) is 0.735. The van der Waals surface area contributed by atoms with E-state index < -0.39 is 10.0 Å². The van der Waals surface area contributed by atoms with Crippen LogP contribution in [0.1, 0.15) is 5.56 Å². The molecule has 1 aliphatic rings. The summed E-state index contributed by atoms with van der Waals surface area (Å²) in [5.74, 6) is 2.09. The van der Waals surface area contributed by atoms with Crippen LogP contribution in [0.4, 0.5) is 0 Å². The van der Waals surface area contributed by atoms with Gasteiger partial charge in [0.2, 0.25) is 10.0 Å². The third-order valence-electron chi connectivity index (χ3n) is 5.05. The zero-order chi connectivity index (χ0) is 20.1. The fourth-order valence-corrected chi connectivity index (χ4v) is 4.92. The van der Waals surface area contributed by atoms with Gasteiger partial charge in [-0.1, -0.05) is 6.07 Å². The average Bonchev–Trinajstić information content (AvgIpc) is 2.74. The zero-order valence-electron chi connectivity index (χ0n) is 16.5. The largest absolute Gasteiger partial charge is 0.497 e. The molecule has 0 aliphatic carbocycles. The fraction of sp³-hybridized carbons (Fsp3) is 0.400. The van der Waals surface area contributed by atoms with E-state index in [4.69, 9.17) is 14.2 Å². The summed E-state index contributed by atoms with van der Waals surface area (Å²) < 4.78 is 43.3. The lowest BCUT2D eigenvalue weighted by Gasteiger charge is -2.31. The van der Waals surface area contributed by atoms with Gasteiger partial charge in [-0.25, -0.2) is 8.42 Å². The molecule has 0 aromatic heterocycles. The minimum Gasteiger partial charge on any atom is -0.497 e. The number of piperazine rings is 1. The van der Waals surface area contributed by atoms with Gasteiger partial charge in [-0.15, -0.1) is 0 Å². The Kier molecular flexibility index (Phi) is 6.43. The van der Waals surface area contributed by atoms with E-state index in [9.17, 15) is 8.42 Å². The van der Waals surface area contributed by atoms with Crippen LogP contribution >= 0.6 is 0 Å². The highest BCUT2D eigenvalue weighted by Crippen LogP contribution is 2.30. The average molecular weight is 408 g/mol. The third kappa shape index (κ3) is 4.24. The predicted octanol–water partition coefficient (Wildman–Crippen LogP) is 0.802. The molecule has 1 fully saturated rings. The Morgan fingerprint density at radius 2 is 1.61 bits per heavy atom. The van der Waals surface area contributed by atoms with Crippen LogP contribution in [0.5, 0.6) is 17.2 Å². The van der Waals surface area contributed by atoms with Crippen molar-refractivity contribution in [2.75, 3.05) is 47.5 Å². The van der Waals surface area contributed by atoms with Crippen LogP contribution in [0.2, 0.25) is 0 Å². The number of benzene rings is 2. The molecule has 28 heavy (non-hydrogen) atoms. The molecule has 8 heteroatoms. The van der Waals surface area contributed by atoms with Crippen LogP contribution < -0.4 is 19.1 Å². The fourth-order valence-electron chi connectivity index (χ4n) is 3.48. The molecular formula is C20H27N2O5S+. The Labute approximate surface area is 166 Å². The molecule has 7 nitrogen and oxygen atoms in total. The molecule has 2 aromatic carbocycles. The van der Waals surface area contributed by atoms with E-state index in [1.54, 1.807) is 49.9 Å². The third-order valence-corrected chi connectivity index (χ3v) is 6.96. The molecule has 152 valence electrons. The molecule has 3 rings (SSSR count). The number of quaternary nitrogens is 1. The summed E-state index contributed by atoms with van der Waals surface area (Å²) in [6.45, 7) is 3.19. The number of rotatable bonds is 7. The van der Waals surface area contributed by atoms with Gasteiger partial charge in [-0.05, 0) is 36.4 Å². The first kappa shape index (κ1) is 20.4.